The number of rotatable bonds is 3. The normalized spacial score (nSPS) is 22.8. The number of anilines is 1. The Morgan fingerprint density at radius 3 is 2.61 bits per heavy atom. The summed E-state index contributed by atoms with van der Waals surface area (Å²) in [5, 5.41) is 3.38. The number of fused-ring (bicyclic) bond motifs is 1. The zero-order chi connectivity index (χ0) is 20.0. The number of aromatic nitrogens is 1. The summed E-state index contributed by atoms with van der Waals surface area (Å²) >= 11 is 0. The highest BCUT2D eigenvalue weighted by Gasteiger charge is 2.34. The van der Waals surface area contributed by atoms with Gasteiger partial charge in [-0.15, -0.1) is 0 Å². The van der Waals surface area contributed by atoms with Gasteiger partial charge in [0.2, 0.25) is 5.92 Å². The third-order valence-electron chi connectivity index (χ3n) is 5.93. The van der Waals surface area contributed by atoms with Crippen LogP contribution in [0.15, 0.2) is 12.1 Å². The molecule has 0 atom stereocenters. The molecule has 2 fully saturated rings. The summed E-state index contributed by atoms with van der Waals surface area (Å²) < 4.78 is 25.1. The van der Waals surface area contributed by atoms with Gasteiger partial charge in [0.1, 0.15) is 12.1 Å². The van der Waals surface area contributed by atoms with Crippen LogP contribution in [0.25, 0.3) is 0 Å². The van der Waals surface area contributed by atoms with Crippen LogP contribution in [0.5, 0.6) is 0 Å². The van der Waals surface area contributed by atoms with Crippen LogP contribution in [0.3, 0.4) is 0 Å². The summed E-state index contributed by atoms with van der Waals surface area (Å²) in [6.07, 6.45) is 3.31. The van der Waals surface area contributed by atoms with Gasteiger partial charge in [0, 0.05) is 70.6 Å². The molecule has 0 radical (unpaired) electrons. The number of hydrogen-bond donors (Lipinski definition) is 1. The van der Waals surface area contributed by atoms with Crippen LogP contribution in [0, 0.1) is 5.92 Å². The van der Waals surface area contributed by atoms with Gasteiger partial charge < -0.3 is 19.9 Å². The van der Waals surface area contributed by atoms with Crippen molar-refractivity contribution < 1.29 is 13.6 Å². The molecule has 1 N–H and O–H groups in total. The molecule has 0 spiro atoms. The predicted molar refractivity (Wildman–Crippen MR) is 107 cm³/mol. The van der Waals surface area contributed by atoms with E-state index in [1.54, 1.807) is 0 Å². The lowest BCUT2D eigenvalue weighted by Crippen LogP contribution is -2.44. The van der Waals surface area contributed by atoms with Gasteiger partial charge in [-0.05, 0) is 37.4 Å². The molecule has 3 heterocycles. The molecular weight excluding hydrogens is 362 g/mol. The molecule has 28 heavy (non-hydrogen) atoms. The van der Waals surface area contributed by atoms with Gasteiger partial charge in [0.25, 0.3) is 0 Å². The van der Waals surface area contributed by atoms with E-state index in [0.29, 0.717) is 19.3 Å². The fourth-order valence-corrected chi connectivity index (χ4v) is 4.09. The average molecular weight is 395 g/mol. The van der Waals surface area contributed by atoms with Crippen molar-refractivity contribution in [2.24, 2.45) is 5.92 Å². The van der Waals surface area contributed by atoms with Crippen LogP contribution < -0.4 is 10.2 Å². The predicted octanol–water partition coefficient (Wildman–Crippen LogP) is 2.88. The van der Waals surface area contributed by atoms with E-state index in [4.69, 9.17) is 4.98 Å². The summed E-state index contributed by atoms with van der Waals surface area (Å²) in [6.45, 7) is 6.47. The van der Waals surface area contributed by atoms with Gasteiger partial charge >= 0.3 is 0 Å². The molecule has 1 saturated heterocycles. The molecule has 0 aromatic carbocycles. The minimum absolute atomic E-state index is 0.0362. The minimum atomic E-state index is -2.46. The number of carbonyl (C=O) groups excluding carboxylic acids is 1. The highest BCUT2D eigenvalue weighted by molar-refractivity contribution is 5.49. The second kappa shape index (κ2) is 9.74. The number of hydrogen-bond acceptors (Lipinski definition) is 5. The number of pyridine rings is 1. The van der Waals surface area contributed by atoms with E-state index in [1.807, 2.05) is 0 Å². The van der Waals surface area contributed by atoms with E-state index in [0.717, 1.165) is 57.8 Å². The molecule has 7 heteroatoms. The van der Waals surface area contributed by atoms with Gasteiger partial charge in [0.15, 0.2) is 0 Å². The van der Waals surface area contributed by atoms with Gasteiger partial charge in [0.05, 0.1) is 0 Å². The van der Waals surface area contributed by atoms with E-state index in [2.05, 4.69) is 34.3 Å². The Bertz CT molecular complexity index is 639. The summed E-state index contributed by atoms with van der Waals surface area (Å²) in [6, 6.07) is 4.44. The van der Waals surface area contributed by atoms with E-state index < -0.39 is 5.92 Å². The van der Waals surface area contributed by atoms with Crippen LogP contribution >= 0.6 is 0 Å². The largest absolute Gasteiger partial charge is 0.354 e. The number of halogens is 2. The second-order valence-corrected chi connectivity index (χ2v) is 8.20. The molecule has 1 aromatic heterocycles. The molecule has 1 aliphatic carbocycles. The van der Waals surface area contributed by atoms with Gasteiger partial charge in [-0.2, -0.15) is 0 Å². The molecule has 4 rings (SSSR count). The lowest BCUT2D eigenvalue weighted by Gasteiger charge is -2.30. The van der Waals surface area contributed by atoms with Gasteiger partial charge in [-0.1, -0.05) is 6.07 Å². The van der Waals surface area contributed by atoms with Crippen molar-refractivity contribution >= 4 is 12.1 Å². The second-order valence-electron chi connectivity index (χ2n) is 8.20. The molecule has 3 aliphatic rings. The lowest BCUT2D eigenvalue weighted by atomic mass is 9.85. The molecule has 0 unspecified atom stereocenters. The van der Waals surface area contributed by atoms with E-state index in [-0.39, 0.29) is 18.8 Å². The smallest absolute Gasteiger partial charge is 0.248 e. The number of nitrogens with zero attached hydrogens (tertiary/aromatic N) is 3. The molecular formula is C21H32F2N4O. The standard InChI is InChI=1S/C13H20N4.C8H12F2O/c1-16-7-4-12-11(10-16)2-3-13(15-12)17-8-5-14-6-9-17;9-8(10)4-1-7(2-5-8)3-6-11/h2-3,14H,4-10H2,1H3;6-7H,1-5H2. The summed E-state index contributed by atoms with van der Waals surface area (Å²) in [5.41, 5.74) is 2.71. The maximum absolute atomic E-state index is 12.5. The van der Waals surface area contributed by atoms with Gasteiger partial charge in [-0.3, -0.25) is 0 Å². The van der Waals surface area contributed by atoms with Crippen molar-refractivity contribution in [2.75, 3.05) is 44.7 Å². The van der Waals surface area contributed by atoms with Gasteiger partial charge in [-0.25, -0.2) is 13.8 Å². The quantitative estimate of drug-likeness (QED) is 0.799. The molecule has 0 bridgehead atoms. The number of carbonyl (C=O) groups is 1. The molecule has 1 aromatic rings. The summed E-state index contributed by atoms with van der Waals surface area (Å²) in [7, 11) is 2.17. The fraction of sp³-hybridized carbons (Fsp3) is 0.714. The Kier molecular flexibility index (Phi) is 7.35. The minimum Gasteiger partial charge on any atom is -0.354 e. The van der Waals surface area contributed by atoms with Crippen molar-refractivity contribution in [3.8, 4) is 0 Å². The Labute approximate surface area is 166 Å². The Balaban J connectivity index is 0.000000178. The molecule has 1 saturated carbocycles. The van der Waals surface area contributed by atoms with Crippen LogP contribution in [0.1, 0.15) is 43.4 Å². The number of likely N-dealkylation sites (N-methyl/N-ethyl adjacent to an activating group) is 1. The van der Waals surface area contributed by atoms with Crippen LogP contribution in [0.2, 0.25) is 0 Å². The maximum Gasteiger partial charge on any atom is 0.248 e. The van der Waals surface area contributed by atoms with E-state index >= 15 is 0 Å². The fourth-order valence-electron chi connectivity index (χ4n) is 4.09. The molecule has 0 amide bonds. The number of aldehydes is 1. The van der Waals surface area contributed by atoms with Crippen molar-refractivity contribution in [3.05, 3.63) is 23.4 Å². The Morgan fingerprint density at radius 2 is 1.93 bits per heavy atom. The number of piperazine rings is 1. The summed E-state index contributed by atoms with van der Waals surface area (Å²) in [4.78, 5) is 19.6. The first-order valence-corrected chi connectivity index (χ1v) is 10.4. The highest BCUT2D eigenvalue weighted by Crippen LogP contribution is 2.36. The monoisotopic (exact) mass is 394 g/mol. The molecule has 5 nitrogen and oxygen atoms in total. The van der Waals surface area contributed by atoms with Crippen molar-refractivity contribution in [3.63, 3.8) is 0 Å². The highest BCUT2D eigenvalue weighted by atomic mass is 19.3. The average Bonchev–Trinajstić information content (AvgIpc) is 2.70. The first-order chi connectivity index (χ1) is 13.5. The maximum atomic E-state index is 12.5. The number of nitrogens with one attached hydrogen (secondary N) is 1. The van der Waals surface area contributed by atoms with E-state index in [1.165, 1.54) is 11.3 Å². The first kappa shape index (κ1) is 21.1. The Hall–Kier alpha value is -1.60. The number of alkyl halides is 2. The SMILES string of the molecule is CN1CCc2nc(N3CCNCC3)ccc2C1.O=CCC1CCC(F)(F)CC1. The Morgan fingerprint density at radius 1 is 1.21 bits per heavy atom. The topological polar surface area (TPSA) is 48.5 Å². The van der Waals surface area contributed by atoms with Crippen molar-refractivity contribution in [2.45, 2.75) is 51.0 Å². The van der Waals surface area contributed by atoms with Crippen LogP contribution in [0.4, 0.5) is 14.6 Å². The van der Waals surface area contributed by atoms with E-state index in [9.17, 15) is 13.6 Å². The van der Waals surface area contributed by atoms with Crippen molar-refractivity contribution in [1.82, 2.24) is 15.2 Å². The van der Waals surface area contributed by atoms with Crippen molar-refractivity contribution in [1.29, 1.82) is 0 Å². The van der Waals surface area contributed by atoms with Crippen LogP contribution in [-0.4, -0.2) is 61.9 Å². The zero-order valence-corrected chi connectivity index (χ0v) is 16.8. The summed E-state index contributed by atoms with van der Waals surface area (Å²) in [5.74, 6) is -1.08. The third-order valence-corrected chi connectivity index (χ3v) is 5.93. The first-order valence-electron chi connectivity index (χ1n) is 10.4. The van der Waals surface area contributed by atoms with Crippen LogP contribution in [-0.2, 0) is 17.8 Å². The third kappa shape index (κ3) is 5.95. The lowest BCUT2D eigenvalue weighted by molar-refractivity contribution is -0.110. The zero-order valence-electron chi connectivity index (χ0n) is 16.8. The molecule has 2 aliphatic heterocycles. The molecule has 156 valence electrons.